The van der Waals surface area contributed by atoms with Crippen molar-refractivity contribution in [3.05, 3.63) is 0 Å². The first kappa shape index (κ1) is 20.8. The number of ether oxygens (including phenoxy) is 2. The lowest BCUT2D eigenvalue weighted by atomic mass is 9.74. The molecule has 3 heterocycles. The summed E-state index contributed by atoms with van der Waals surface area (Å²) >= 11 is 0. The van der Waals surface area contributed by atoms with E-state index in [-0.39, 0.29) is 35.3 Å². The van der Waals surface area contributed by atoms with E-state index in [0.29, 0.717) is 0 Å². The van der Waals surface area contributed by atoms with Gasteiger partial charge in [0.2, 0.25) is 11.8 Å². The van der Waals surface area contributed by atoms with E-state index < -0.39 is 36.2 Å². The minimum absolute atomic E-state index is 0. The summed E-state index contributed by atoms with van der Waals surface area (Å²) in [6.07, 6.45) is -6.30. The Bertz CT molecular complexity index is 592. The van der Waals surface area contributed by atoms with Gasteiger partial charge in [0, 0.05) is 12.8 Å². The quantitative estimate of drug-likeness (QED) is 0.445. The highest BCUT2D eigenvalue weighted by molar-refractivity contribution is 6.06. The molecule has 0 aliphatic carbocycles. The molecule has 142 valence electrons. The first-order valence-corrected chi connectivity index (χ1v) is 6.92. The number of halogens is 3. The summed E-state index contributed by atoms with van der Waals surface area (Å²) in [6.45, 7) is 3.21. The second-order valence-corrected chi connectivity index (χ2v) is 5.71. The van der Waals surface area contributed by atoms with E-state index in [9.17, 15) is 27.6 Å². The normalized spacial score (nSPS) is 35.1. The molecule has 12 heteroatoms. The summed E-state index contributed by atoms with van der Waals surface area (Å²) in [5.41, 5.74) is 0. The lowest BCUT2D eigenvalue weighted by Crippen LogP contribution is -2.45. The molecule has 9 nitrogen and oxygen atoms in total. The number of alkyl halides is 3. The number of fused-ring (bicyclic) bond motifs is 5. The Morgan fingerprint density at radius 3 is 2.00 bits per heavy atom. The number of esters is 1. The van der Waals surface area contributed by atoms with Crippen LogP contribution in [0, 0.1) is 17.8 Å². The summed E-state index contributed by atoms with van der Waals surface area (Å²) in [5, 5.41) is 9.44. The molecule has 3 fully saturated rings. The van der Waals surface area contributed by atoms with Gasteiger partial charge in [0.25, 0.3) is 0 Å². The highest BCUT2D eigenvalue weighted by Gasteiger charge is 2.66. The SMILES string of the molecule is CC(=O)OC1C2O[C@@H](C3C(=O)NC(=O)C23)[C@H]1C.O.O=C(O)C(F)(F)F. The standard InChI is InChI=1S/C11H13NO5.C2HF3O2.H2O/c1-3-7-5-6(11(15)12-10(5)14)9(17-7)8(3)16-4(2)13;3-2(4,5)1(6)7;/h3,5-9H,1-2H3,(H,12,14,15);(H,6,7);1H2/t3-,5?,6?,7-,8?,9?;;/m1../s1. The smallest absolute Gasteiger partial charge is 0.475 e. The number of hydrogen-bond donors (Lipinski definition) is 2. The Morgan fingerprint density at radius 1 is 1.16 bits per heavy atom. The summed E-state index contributed by atoms with van der Waals surface area (Å²) in [4.78, 5) is 43.2. The molecule has 6 atom stereocenters. The van der Waals surface area contributed by atoms with Crippen LogP contribution in [0.15, 0.2) is 0 Å². The van der Waals surface area contributed by atoms with E-state index in [1.165, 1.54) is 6.92 Å². The van der Waals surface area contributed by atoms with Crippen LogP contribution < -0.4 is 5.32 Å². The first-order chi connectivity index (χ1) is 10.9. The summed E-state index contributed by atoms with van der Waals surface area (Å²) in [6, 6.07) is 0. The number of carboxylic acid groups (broad SMARTS) is 1. The molecule has 3 aliphatic heterocycles. The van der Waals surface area contributed by atoms with E-state index in [0.717, 1.165) is 0 Å². The molecule has 0 aromatic carbocycles. The maximum absolute atomic E-state index is 11.6. The maximum Gasteiger partial charge on any atom is 0.490 e. The molecular formula is C13H16F3NO8. The molecule has 0 spiro atoms. The second-order valence-electron chi connectivity index (χ2n) is 5.71. The topological polar surface area (TPSA) is 150 Å². The van der Waals surface area contributed by atoms with Gasteiger partial charge in [-0.2, -0.15) is 13.2 Å². The number of carbonyl (C=O) groups excluding carboxylic acids is 3. The van der Waals surface area contributed by atoms with Gasteiger partial charge in [0.15, 0.2) is 0 Å². The van der Waals surface area contributed by atoms with Crippen LogP contribution in [0.25, 0.3) is 0 Å². The Morgan fingerprint density at radius 2 is 1.60 bits per heavy atom. The molecule has 25 heavy (non-hydrogen) atoms. The van der Waals surface area contributed by atoms with Gasteiger partial charge >= 0.3 is 18.1 Å². The lowest BCUT2D eigenvalue weighted by Gasteiger charge is -2.29. The van der Waals surface area contributed by atoms with Crippen LogP contribution >= 0.6 is 0 Å². The van der Waals surface area contributed by atoms with Crippen molar-refractivity contribution in [2.75, 3.05) is 0 Å². The van der Waals surface area contributed by atoms with Crippen LogP contribution in [0.4, 0.5) is 13.2 Å². The Kier molecular flexibility index (Phi) is 5.80. The minimum Gasteiger partial charge on any atom is -0.475 e. The van der Waals surface area contributed by atoms with Gasteiger partial charge < -0.3 is 20.1 Å². The molecule has 3 aliphatic rings. The average molecular weight is 371 g/mol. The van der Waals surface area contributed by atoms with Crippen molar-refractivity contribution in [2.45, 2.75) is 38.3 Å². The van der Waals surface area contributed by atoms with Crippen LogP contribution in [-0.2, 0) is 28.7 Å². The zero-order chi connectivity index (χ0) is 18.4. The van der Waals surface area contributed by atoms with Crippen molar-refractivity contribution in [3.8, 4) is 0 Å². The zero-order valence-corrected chi connectivity index (χ0v) is 13.0. The molecule has 0 aromatic rings. The van der Waals surface area contributed by atoms with Crippen molar-refractivity contribution in [2.24, 2.45) is 17.8 Å². The number of rotatable bonds is 1. The molecule has 0 saturated carbocycles. The number of aliphatic carboxylic acids is 1. The van der Waals surface area contributed by atoms with E-state index >= 15 is 0 Å². The summed E-state index contributed by atoms with van der Waals surface area (Å²) in [5.74, 6) is -4.67. The van der Waals surface area contributed by atoms with Crippen LogP contribution in [0.2, 0.25) is 0 Å². The van der Waals surface area contributed by atoms with Crippen LogP contribution in [0.5, 0.6) is 0 Å². The van der Waals surface area contributed by atoms with Gasteiger partial charge in [-0.3, -0.25) is 19.7 Å². The largest absolute Gasteiger partial charge is 0.490 e. The molecule has 2 bridgehead atoms. The van der Waals surface area contributed by atoms with Gasteiger partial charge in [-0.1, -0.05) is 6.92 Å². The molecule has 3 saturated heterocycles. The molecular weight excluding hydrogens is 355 g/mol. The highest BCUT2D eigenvalue weighted by atomic mass is 19.4. The summed E-state index contributed by atoms with van der Waals surface area (Å²) < 4.78 is 42.6. The molecule has 3 rings (SSSR count). The Balaban J connectivity index is 0.000000339. The highest BCUT2D eigenvalue weighted by Crippen LogP contribution is 2.50. The maximum atomic E-state index is 11.6. The second kappa shape index (κ2) is 6.96. The number of amides is 2. The third-order valence-corrected chi connectivity index (χ3v) is 4.17. The van der Waals surface area contributed by atoms with Gasteiger partial charge in [-0.05, 0) is 0 Å². The fraction of sp³-hybridized carbons (Fsp3) is 0.692. The van der Waals surface area contributed by atoms with Crippen LogP contribution in [0.1, 0.15) is 13.8 Å². The van der Waals surface area contributed by atoms with Crippen molar-refractivity contribution >= 4 is 23.8 Å². The molecule has 4 N–H and O–H groups in total. The predicted molar refractivity (Wildman–Crippen MR) is 70.8 cm³/mol. The van der Waals surface area contributed by atoms with Gasteiger partial charge in [-0.25, -0.2) is 4.79 Å². The predicted octanol–water partition coefficient (Wildman–Crippen LogP) is -0.967. The van der Waals surface area contributed by atoms with Crippen molar-refractivity contribution in [1.29, 1.82) is 0 Å². The van der Waals surface area contributed by atoms with Crippen molar-refractivity contribution in [3.63, 3.8) is 0 Å². The number of nitrogens with one attached hydrogen (secondary N) is 1. The van der Waals surface area contributed by atoms with E-state index in [1.807, 2.05) is 6.92 Å². The van der Waals surface area contributed by atoms with Gasteiger partial charge in [0.05, 0.1) is 17.9 Å². The van der Waals surface area contributed by atoms with Crippen LogP contribution in [-0.4, -0.2) is 58.8 Å². The number of imide groups is 1. The molecule has 4 unspecified atom stereocenters. The number of carbonyl (C=O) groups is 4. The van der Waals surface area contributed by atoms with E-state index in [4.69, 9.17) is 19.4 Å². The zero-order valence-electron chi connectivity index (χ0n) is 13.0. The fourth-order valence-corrected chi connectivity index (χ4v) is 3.26. The number of hydrogen-bond acceptors (Lipinski definition) is 6. The van der Waals surface area contributed by atoms with Crippen molar-refractivity contribution in [1.82, 2.24) is 5.32 Å². The Labute approximate surface area is 138 Å². The van der Waals surface area contributed by atoms with Gasteiger partial charge in [0.1, 0.15) is 12.2 Å². The van der Waals surface area contributed by atoms with Crippen molar-refractivity contribution < 1.29 is 52.4 Å². The molecule has 0 radical (unpaired) electrons. The van der Waals surface area contributed by atoms with E-state index in [1.54, 1.807) is 0 Å². The third kappa shape index (κ3) is 3.74. The monoisotopic (exact) mass is 371 g/mol. The van der Waals surface area contributed by atoms with Gasteiger partial charge in [-0.15, -0.1) is 0 Å². The van der Waals surface area contributed by atoms with E-state index in [2.05, 4.69) is 5.32 Å². The first-order valence-electron chi connectivity index (χ1n) is 6.92. The number of carboxylic acids is 1. The molecule has 2 amide bonds. The third-order valence-electron chi connectivity index (χ3n) is 4.17. The average Bonchev–Trinajstić information content (AvgIpc) is 3.03. The Hall–Kier alpha value is -2.21. The van der Waals surface area contributed by atoms with Crippen LogP contribution in [0.3, 0.4) is 0 Å². The summed E-state index contributed by atoms with van der Waals surface area (Å²) in [7, 11) is 0. The minimum atomic E-state index is -5.08. The molecule has 0 aromatic heterocycles. The lowest BCUT2D eigenvalue weighted by molar-refractivity contribution is -0.192. The fourth-order valence-electron chi connectivity index (χ4n) is 3.26.